The zero-order chi connectivity index (χ0) is 29.3. The Labute approximate surface area is 256 Å². The number of nitrogens with zero attached hydrogens (tertiary/aromatic N) is 1. The maximum atomic E-state index is 13.6. The first-order valence-electron chi connectivity index (χ1n) is 14.7. The zero-order valence-corrected chi connectivity index (χ0v) is 30.6. The second-order valence-corrected chi connectivity index (χ2v) is 22.1. The highest BCUT2D eigenvalue weighted by molar-refractivity contribution is 14.1. The SMILES string of the molecule is CCCCCCCC(C)(C)[SiH2]OC(Cc1ccccc1)c1cc(I)n(CC#C[Si](C)(C)C(C)(C)C)c(=O)c1C. The molecule has 39 heavy (non-hydrogen) atoms. The van der Waals surface area contributed by atoms with Crippen molar-refractivity contribution in [2.75, 3.05) is 0 Å². The molecule has 0 aliphatic rings. The van der Waals surface area contributed by atoms with Gasteiger partial charge in [-0.15, -0.1) is 5.54 Å². The molecular weight excluding hydrogens is 625 g/mol. The van der Waals surface area contributed by atoms with E-state index in [4.69, 9.17) is 4.43 Å². The van der Waals surface area contributed by atoms with Gasteiger partial charge in [0.15, 0.2) is 9.76 Å². The first-order chi connectivity index (χ1) is 18.2. The third kappa shape index (κ3) is 10.6. The lowest BCUT2D eigenvalue weighted by Gasteiger charge is -2.31. The van der Waals surface area contributed by atoms with E-state index in [-0.39, 0.29) is 21.7 Å². The second kappa shape index (κ2) is 15.2. The Morgan fingerprint density at radius 3 is 2.31 bits per heavy atom. The molecule has 0 saturated heterocycles. The fraction of sp³-hybridized carbons (Fsp3) is 0.606. The molecule has 216 valence electrons. The highest BCUT2D eigenvalue weighted by atomic mass is 127. The Hall–Kier alpha value is -1.15. The second-order valence-electron chi connectivity index (χ2n) is 13.4. The molecule has 2 aromatic rings. The van der Waals surface area contributed by atoms with Crippen LogP contribution in [0.2, 0.25) is 23.2 Å². The van der Waals surface area contributed by atoms with Crippen LogP contribution in [-0.4, -0.2) is 22.4 Å². The van der Waals surface area contributed by atoms with E-state index in [0.717, 1.165) is 21.2 Å². The lowest BCUT2D eigenvalue weighted by Crippen LogP contribution is -2.36. The number of benzene rings is 1. The smallest absolute Gasteiger partial charge is 0.255 e. The Morgan fingerprint density at radius 1 is 1.05 bits per heavy atom. The summed E-state index contributed by atoms with van der Waals surface area (Å²) in [6.45, 7) is 20.8. The Balaban J connectivity index is 2.30. The summed E-state index contributed by atoms with van der Waals surface area (Å²) < 4.78 is 9.60. The van der Waals surface area contributed by atoms with Gasteiger partial charge in [0.1, 0.15) is 8.07 Å². The van der Waals surface area contributed by atoms with Crippen LogP contribution in [0.3, 0.4) is 0 Å². The molecule has 1 unspecified atom stereocenters. The molecule has 1 aromatic carbocycles. The summed E-state index contributed by atoms with van der Waals surface area (Å²) in [6, 6.07) is 12.7. The van der Waals surface area contributed by atoms with Gasteiger partial charge < -0.3 is 4.43 Å². The van der Waals surface area contributed by atoms with Gasteiger partial charge in [0.25, 0.3) is 5.56 Å². The maximum absolute atomic E-state index is 13.6. The van der Waals surface area contributed by atoms with Crippen LogP contribution in [0, 0.1) is 22.1 Å². The molecule has 0 aliphatic heterocycles. The fourth-order valence-corrected chi connectivity index (χ4v) is 7.40. The van der Waals surface area contributed by atoms with Gasteiger partial charge in [-0.2, -0.15) is 0 Å². The molecule has 1 heterocycles. The van der Waals surface area contributed by atoms with E-state index in [1.54, 1.807) is 0 Å². The monoisotopic (exact) mass is 677 g/mol. The van der Waals surface area contributed by atoms with E-state index < -0.39 is 17.8 Å². The molecule has 0 amide bonds. The van der Waals surface area contributed by atoms with E-state index in [1.807, 2.05) is 11.5 Å². The van der Waals surface area contributed by atoms with Crippen LogP contribution in [0.4, 0.5) is 0 Å². The van der Waals surface area contributed by atoms with Gasteiger partial charge in [-0.1, -0.05) is 123 Å². The number of hydrogen-bond acceptors (Lipinski definition) is 2. The molecule has 1 atom stereocenters. The topological polar surface area (TPSA) is 31.2 Å². The van der Waals surface area contributed by atoms with Gasteiger partial charge in [-0.25, -0.2) is 0 Å². The third-order valence-electron chi connectivity index (χ3n) is 8.29. The quantitative estimate of drug-likeness (QED) is 0.0698. The summed E-state index contributed by atoms with van der Waals surface area (Å²) >= 11 is 2.31. The summed E-state index contributed by atoms with van der Waals surface area (Å²) in [7, 11) is -2.55. The van der Waals surface area contributed by atoms with Crippen LogP contribution in [0.1, 0.15) is 103 Å². The van der Waals surface area contributed by atoms with Gasteiger partial charge in [0.2, 0.25) is 0 Å². The van der Waals surface area contributed by atoms with Crippen molar-refractivity contribution >= 4 is 40.4 Å². The van der Waals surface area contributed by atoms with E-state index >= 15 is 0 Å². The van der Waals surface area contributed by atoms with Crippen molar-refractivity contribution in [3.63, 3.8) is 0 Å². The summed E-state index contributed by atoms with van der Waals surface area (Å²) in [5.41, 5.74) is 6.69. The summed E-state index contributed by atoms with van der Waals surface area (Å²) in [4.78, 5) is 13.6. The predicted octanol–water partition coefficient (Wildman–Crippen LogP) is 8.76. The van der Waals surface area contributed by atoms with E-state index in [9.17, 15) is 4.79 Å². The molecule has 1 aromatic heterocycles. The van der Waals surface area contributed by atoms with Crippen molar-refractivity contribution in [1.29, 1.82) is 0 Å². The number of rotatable bonds is 13. The normalized spacial score (nSPS) is 13.5. The van der Waals surface area contributed by atoms with Crippen LogP contribution in [-0.2, 0) is 17.4 Å². The van der Waals surface area contributed by atoms with E-state index in [1.165, 1.54) is 44.1 Å². The molecule has 0 aliphatic carbocycles. The summed E-state index contributed by atoms with van der Waals surface area (Å²) in [5.74, 6) is 3.37. The van der Waals surface area contributed by atoms with Gasteiger partial charge >= 0.3 is 0 Å². The van der Waals surface area contributed by atoms with Crippen LogP contribution in [0.15, 0.2) is 41.2 Å². The largest absolute Gasteiger partial charge is 0.416 e. The molecule has 0 saturated carbocycles. The minimum atomic E-state index is -1.72. The van der Waals surface area contributed by atoms with Crippen molar-refractivity contribution in [2.45, 2.75) is 129 Å². The highest BCUT2D eigenvalue weighted by Crippen LogP contribution is 2.36. The van der Waals surface area contributed by atoms with Gasteiger partial charge in [0, 0.05) is 12.0 Å². The van der Waals surface area contributed by atoms with Crippen molar-refractivity contribution in [3.05, 3.63) is 67.1 Å². The lowest BCUT2D eigenvalue weighted by atomic mass is 9.99. The molecule has 2 rings (SSSR count). The van der Waals surface area contributed by atoms with Crippen molar-refractivity contribution < 1.29 is 4.43 Å². The average molecular weight is 678 g/mol. The van der Waals surface area contributed by atoms with E-state index in [2.05, 4.69) is 125 Å². The van der Waals surface area contributed by atoms with Crippen LogP contribution in [0.5, 0.6) is 0 Å². The molecule has 6 heteroatoms. The minimum Gasteiger partial charge on any atom is -0.416 e. The summed E-state index contributed by atoms with van der Waals surface area (Å²) in [5, 5.41) is 0.434. The first kappa shape index (κ1) is 34.1. The molecule has 0 spiro atoms. The van der Waals surface area contributed by atoms with Crippen molar-refractivity contribution in [1.82, 2.24) is 4.57 Å². The third-order valence-corrected chi connectivity index (χ3v) is 15.4. The number of pyridine rings is 1. The van der Waals surface area contributed by atoms with Gasteiger partial charge in [0.05, 0.1) is 16.3 Å². The molecule has 3 nitrogen and oxygen atoms in total. The molecule has 0 bridgehead atoms. The Bertz CT molecular complexity index is 1170. The fourth-order valence-electron chi connectivity index (χ4n) is 4.44. The molecule has 0 fully saturated rings. The van der Waals surface area contributed by atoms with Crippen LogP contribution in [0.25, 0.3) is 0 Å². The highest BCUT2D eigenvalue weighted by Gasteiger charge is 2.33. The van der Waals surface area contributed by atoms with E-state index in [0.29, 0.717) is 6.54 Å². The van der Waals surface area contributed by atoms with Crippen LogP contribution >= 0.6 is 22.6 Å². The minimum absolute atomic E-state index is 0.0555. The summed E-state index contributed by atoms with van der Waals surface area (Å²) in [6.07, 6.45) is 8.43. The standard InChI is InChI=1S/C33H52INO2Si2/c1-10-11-12-13-17-21-33(6,7)38-37-29(24-27-19-15-14-16-20-27)28-25-30(34)35(31(36)26(28)2)22-18-23-39(8,9)32(3,4)5/h14-16,19-20,25,29H,10-13,17,21-22,24,38H2,1-9H3. The average Bonchev–Trinajstić information content (AvgIpc) is 2.86. The number of aromatic nitrogens is 1. The molecular formula is C33H52INO2Si2. The van der Waals surface area contributed by atoms with Crippen molar-refractivity contribution in [3.8, 4) is 11.5 Å². The number of halogens is 1. The van der Waals surface area contributed by atoms with Gasteiger partial charge in [-0.3, -0.25) is 9.36 Å². The number of hydrogen-bond donors (Lipinski definition) is 0. The molecule has 0 radical (unpaired) electrons. The van der Waals surface area contributed by atoms with Crippen LogP contribution < -0.4 is 5.56 Å². The Kier molecular flexibility index (Phi) is 13.3. The zero-order valence-electron chi connectivity index (χ0n) is 26.0. The van der Waals surface area contributed by atoms with Gasteiger partial charge in [-0.05, 0) is 63.2 Å². The lowest BCUT2D eigenvalue weighted by molar-refractivity contribution is 0.204. The van der Waals surface area contributed by atoms with Crippen molar-refractivity contribution in [2.24, 2.45) is 0 Å². The first-order valence-corrected chi connectivity index (χ1v) is 20.1. The predicted molar refractivity (Wildman–Crippen MR) is 183 cm³/mol. The Morgan fingerprint density at radius 2 is 1.69 bits per heavy atom. The maximum Gasteiger partial charge on any atom is 0.255 e. The molecule has 0 N–H and O–H groups in total. The number of unbranched alkanes of at least 4 members (excludes halogenated alkanes) is 4.